The van der Waals surface area contributed by atoms with E-state index in [1.54, 1.807) is 0 Å². The molecule has 0 saturated carbocycles. The van der Waals surface area contributed by atoms with Gasteiger partial charge in [-0.1, -0.05) is 49.4 Å². The Morgan fingerprint density at radius 2 is 1.97 bits per heavy atom. The summed E-state index contributed by atoms with van der Waals surface area (Å²) in [5, 5.41) is 11.6. The molecule has 0 saturated heterocycles. The van der Waals surface area contributed by atoms with Crippen molar-refractivity contribution in [3.63, 3.8) is 0 Å². The summed E-state index contributed by atoms with van der Waals surface area (Å²) in [6.45, 7) is 4.69. The van der Waals surface area contributed by atoms with Crippen LogP contribution in [0.25, 0.3) is 11.4 Å². The number of carbonyl (C=O) groups excluding carboxylic acids is 1. The number of carbonyl (C=O) groups is 1. The fourth-order valence-electron chi connectivity index (χ4n) is 2.93. The Bertz CT molecular complexity index is 972. The highest BCUT2D eigenvalue weighted by Crippen LogP contribution is 2.25. The van der Waals surface area contributed by atoms with Gasteiger partial charge >= 0.3 is 0 Å². The Morgan fingerprint density at radius 1 is 1.17 bits per heavy atom. The molecule has 1 heterocycles. The first-order valence-corrected chi connectivity index (χ1v) is 11.0. The number of anilines is 1. The Morgan fingerprint density at radius 3 is 2.70 bits per heavy atom. The third-order valence-electron chi connectivity index (χ3n) is 4.46. The third kappa shape index (κ3) is 5.76. The zero-order valence-electron chi connectivity index (χ0n) is 17.3. The third-order valence-corrected chi connectivity index (χ3v) is 5.40. The zero-order chi connectivity index (χ0) is 21.3. The molecule has 0 spiro atoms. The lowest BCUT2D eigenvalue weighted by Gasteiger charge is -2.07. The number of nitrogens with one attached hydrogen (secondary N) is 1. The molecule has 3 aromatic rings. The fraction of sp³-hybridized carbons (Fsp3) is 0.318. The summed E-state index contributed by atoms with van der Waals surface area (Å²) in [6, 6.07) is 15.5. The van der Waals surface area contributed by atoms with E-state index < -0.39 is 0 Å². The van der Waals surface area contributed by atoms with Crippen LogP contribution in [0.15, 0.2) is 53.7 Å². The Hall–Kier alpha value is -3.00. The van der Waals surface area contributed by atoms with Gasteiger partial charge in [0.2, 0.25) is 11.1 Å². The number of hydrogen-bond acceptors (Lipinski definition) is 6. The number of hydrogen-bond donors (Lipinski definition) is 2. The van der Waals surface area contributed by atoms with Crippen LogP contribution < -0.4 is 15.9 Å². The number of aromatic nitrogens is 3. The topological polar surface area (TPSA) is 95.1 Å². The maximum absolute atomic E-state index is 12.3. The van der Waals surface area contributed by atoms with Crippen molar-refractivity contribution < 1.29 is 9.53 Å². The highest BCUT2D eigenvalue weighted by Gasteiger charge is 2.14. The Kier molecular flexibility index (Phi) is 7.73. The van der Waals surface area contributed by atoms with Gasteiger partial charge in [0.05, 0.1) is 12.4 Å². The average molecular weight is 426 g/mol. The molecule has 2 aromatic carbocycles. The van der Waals surface area contributed by atoms with Crippen LogP contribution in [-0.4, -0.2) is 33.1 Å². The second-order valence-electron chi connectivity index (χ2n) is 6.77. The summed E-state index contributed by atoms with van der Waals surface area (Å²) in [6.07, 6.45) is 3.39. The number of amides is 1. The van der Waals surface area contributed by atoms with E-state index >= 15 is 0 Å². The van der Waals surface area contributed by atoms with Crippen molar-refractivity contribution in [3.8, 4) is 17.1 Å². The van der Waals surface area contributed by atoms with Crippen LogP contribution in [0.3, 0.4) is 0 Å². The van der Waals surface area contributed by atoms with E-state index in [1.165, 1.54) is 34.8 Å². The molecule has 0 unspecified atom stereocenters. The number of rotatable bonds is 10. The first-order chi connectivity index (χ1) is 14.6. The van der Waals surface area contributed by atoms with Gasteiger partial charge in [-0.3, -0.25) is 4.79 Å². The number of ether oxygens (including phenoxy) is 1. The average Bonchev–Trinajstić information content (AvgIpc) is 3.12. The van der Waals surface area contributed by atoms with Crippen molar-refractivity contribution in [2.24, 2.45) is 0 Å². The van der Waals surface area contributed by atoms with E-state index in [1.807, 2.05) is 43.3 Å². The van der Waals surface area contributed by atoms with Crippen LogP contribution in [-0.2, 0) is 11.2 Å². The van der Waals surface area contributed by atoms with Gasteiger partial charge in [-0.25, -0.2) is 4.68 Å². The molecule has 0 bridgehead atoms. The first-order valence-electron chi connectivity index (χ1n) is 10.1. The van der Waals surface area contributed by atoms with Gasteiger partial charge < -0.3 is 15.9 Å². The van der Waals surface area contributed by atoms with Crippen molar-refractivity contribution in [3.05, 3.63) is 54.1 Å². The second kappa shape index (κ2) is 10.7. The normalized spacial score (nSPS) is 10.7. The maximum atomic E-state index is 12.3. The molecular weight excluding hydrogens is 398 g/mol. The highest BCUT2D eigenvalue weighted by atomic mass is 32.2. The van der Waals surface area contributed by atoms with Crippen LogP contribution in [0.5, 0.6) is 5.75 Å². The van der Waals surface area contributed by atoms with Crippen LogP contribution in [0.4, 0.5) is 5.69 Å². The van der Waals surface area contributed by atoms with E-state index in [9.17, 15) is 4.79 Å². The number of thioether (sulfide) groups is 1. The molecule has 1 aromatic heterocycles. The summed E-state index contributed by atoms with van der Waals surface area (Å²) >= 11 is 1.24. The molecule has 3 rings (SSSR count). The number of nitrogens with zero attached hydrogens (tertiary/aromatic N) is 3. The molecule has 1 amide bonds. The molecule has 30 heavy (non-hydrogen) atoms. The minimum atomic E-state index is -0.121. The van der Waals surface area contributed by atoms with Crippen LogP contribution >= 0.6 is 11.8 Å². The number of benzene rings is 2. The largest absolute Gasteiger partial charge is 0.494 e. The van der Waals surface area contributed by atoms with E-state index in [4.69, 9.17) is 10.6 Å². The summed E-state index contributed by atoms with van der Waals surface area (Å²) in [4.78, 5) is 12.3. The van der Waals surface area contributed by atoms with Crippen molar-refractivity contribution in [2.45, 2.75) is 38.3 Å². The molecule has 3 N–H and O–H groups in total. The van der Waals surface area contributed by atoms with Gasteiger partial charge in [0.15, 0.2) is 5.82 Å². The minimum Gasteiger partial charge on any atom is -0.494 e. The van der Waals surface area contributed by atoms with Crippen molar-refractivity contribution in [1.82, 2.24) is 14.9 Å². The van der Waals surface area contributed by atoms with Crippen LogP contribution in [0.2, 0.25) is 0 Å². The van der Waals surface area contributed by atoms with Crippen molar-refractivity contribution >= 4 is 23.4 Å². The standard InChI is InChI=1S/C22H27N5O2S/c1-3-5-7-16-10-12-18(13-11-16)24-20(28)15-30-22-26-25-21(27(22)23)17-8-6-9-19(14-17)29-4-2/h6,8-14H,3-5,7,15,23H2,1-2H3,(H,24,28). The number of nitrogen functional groups attached to an aromatic ring is 1. The zero-order valence-corrected chi connectivity index (χ0v) is 18.1. The number of unbranched alkanes of at least 4 members (excludes halogenated alkanes) is 1. The number of aryl methyl sites for hydroxylation is 1. The lowest BCUT2D eigenvalue weighted by Crippen LogP contribution is -2.16. The molecule has 0 atom stereocenters. The summed E-state index contributed by atoms with van der Waals surface area (Å²) in [5.74, 6) is 7.48. The van der Waals surface area contributed by atoms with Crippen molar-refractivity contribution in [2.75, 3.05) is 23.5 Å². The molecule has 8 heteroatoms. The van der Waals surface area contributed by atoms with Gasteiger partial charge in [0.1, 0.15) is 5.75 Å². The molecule has 0 aliphatic rings. The minimum absolute atomic E-state index is 0.121. The molecule has 0 radical (unpaired) electrons. The first kappa shape index (κ1) is 21.7. The predicted octanol–water partition coefficient (Wildman–Crippen LogP) is 4.13. The second-order valence-corrected chi connectivity index (χ2v) is 7.72. The maximum Gasteiger partial charge on any atom is 0.234 e. The summed E-state index contributed by atoms with van der Waals surface area (Å²) in [7, 11) is 0. The number of nitrogens with two attached hydrogens (primary N) is 1. The Balaban J connectivity index is 1.57. The SMILES string of the molecule is CCCCc1ccc(NC(=O)CSc2nnc(-c3cccc(OCC)c3)n2N)cc1. The molecule has 0 aliphatic heterocycles. The molecule has 158 valence electrons. The lowest BCUT2D eigenvalue weighted by molar-refractivity contribution is -0.113. The van der Waals surface area contributed by atoms with Crippen LogP contribution in [0.1, 0.15) is 32.3 Å². The van der Waals surface area contributed by atoms with E-state index in [0.29, 0.717) is 17.6 Å². The van der Waals surface area contributed by atoms with Crippen LogP contribution in [0, 0.1) is 0 Å². The summed E-state index contributed by atoms with van der Waals surface area (Å²) in [5.41, 5.74) is 2.86. The lowest BCUT2D eigenvalue weighted by atomic mass is 10.1. The highest BCUT2D eigenvalue weighted by molar-refractivity contribution is 7.99. The Labute approximate surface area is 181 Å². The monoisotopic (exact) mass is 425 g/mol. The van der Waals surface area contributed by atoms with Gasteiger partial charge in [-0.15, -0.1) is 10.2 Å². The quantitative estimate of drug-likeness (QED) is 0.375. The molecular formula is C22H27N5O2S. The van der Waals surface area contributed by atoms with E-state index in [-0.39, 0.29) is 11.7 Å². The van der Waals surface area contributed by atoms with E-state index in [2.05, 4.69) is 34.6 Å². The van der Waals surface area contributed by atoms with Crippen molar-refractivity contribution in [1.29, 1.82) is 0 Å². The predicted molar refractivity (Wildman–Crippen MR) is 121 cm³/mol. The smallest absolute Gasteiger partial charge is 0.234 e. The molecule has 0 aliphatic carbocycles. The van der Waals surface area contributed by atoms with Gasteiger partial charge in [-0.2, -0.15) is 0 Å². The molecule has 0 fully saturated rings. The van der Waals surface area contributed by atoms with Gasteiger partial charge in [-0.05, 0) is 49.6 Å². The van der Waals surface area contributed by atoms with E-state index in [0.717, 1.165) is 23.4 Å². The van der Waals surface area contributed by atoms with Gasteiger partial charge in [0, 0.05) is 11.3 Å². The molecule has 7 nitrogen and oxygen atoms in total. The fourth-order valence-corrected chi connectivity index (χ4v) is 3.58. The summed E-state index contributed by atoms with van der Waals surface area (Å²) < 4.78 is 6.91. The van der Waals surface area contributed by atoms with Gasteiger partial charge in [0.25, 0.3) is 0 Å².